The number of alkyl halides is 3. The Morgan fingerprint density at radius 3 is 2.27 bits per heavy atom. The summed E-state index contributed by atoms with van der Waals surface area (Å²) in [5.41, 5.74) is 0. The fraction of sp³-hybridized carbons (Fsp3) is 0.900. The number of esters is 1. The van der Waals surface area contributed by atoms with Crippen molar-refractivity contribution in [3.05, 3.63) is 0 Å². The fourth-order valence-electron chi connectivity index (χ4n) is 1.82. The Morgan fingerprint density at radius 1 is 1.20 bits per heavy atom. The first-order valence-electron chi connectivity index (χ1n) is 5.08. The number of halogens is 3. The predicted octanol–water partition coefficient (Wildman–Crippen LogP) is 2.92. The molecule has 1 rings (SSSR count). The van der Waals surface area contributed by atoms with Gasteiger partial charge < -0.3 is 4.74 Å². The van der Waals surface area contributed by atoms with Gasteiger partial charge in [-0.2, -0.15) is 13.2 Å². The maximum absolute atomic E-state index is 11.9. The minimum atomic E-state index is -4.87. The van der Waals surface area contributed by atoms with Crippen molar-refractivity contribution in [1.29, 1.82) is 0 Å². The van der Waals surface area contributed by atoms with Crippen LogP contribution in [0.1, 0.15) is 33.1 Å². The topological polar surface area (TPSA) is 26.3 Å². The van der Waals surface area contributed by atoms with E-state index in [9.17, 15) is 18.0 Å². The molecule has 0 radical (unpaired) electrons. The van der Waals surface area contributed by atoms with Crippen molar-refractivity contribution in [2.75, 3.05) is 0 Å². The summed E-state index contributed by atoms with van der Waals surface area (Å²) in [5.74, 6) is -1.26. The monoisotopic (exact) mass is 224 g/mol. The van der Waals surface area contributed by atoms with Crippen molar-refractivity contribution < 1.29 is 22.7 Å². The average molecular weight is 224 g/mol. The lowest BCUT2D eigenvalue weighted by Gasteiger charge is -2.31. The molecule has 3 atom stereocenters. The maximum atomic E-state index is 11.9. The van der Waals surface area contributed by atoms with Crippen LogP contribution in [0.5, 0.6) is 0 Å². The molecule has 0 heterocycles. The van der Waals surface area contributed by atoms with Crippen molar-refractivity contribution in [3.63, 3.8) is 0 Å². The zero-order valence-electron chi connectivity index (χ0n) is 8.80. The van der Waals surface area contributed by atoms with Crippen molar-refractivity contribution in [1.82, 2.24) is 0 Å². The Labute approximate surface area is 86.8 Å². The average Bonchev–Trinajstić information content (AvgIpc) is 2.10. The number of hydrogen-bond donors (Lipinski definition) is 0. The molecule has 0 spiro atoms. The van der Waals surface area contributed by atoms with E-state index >= 15 is 0 Å². The highest BCUT2D eigenvalue weighted by Crippen LogP contribution is 2.32. The summed E-state index contributed by atoms with van der Waals surface area (Å²) in [6.07, 6.45) is -3.55. The van der Waals surface area contributed by atoms with Crippen molar-refractivity contribution in [2.24, 2.45) is 11.8 Å². The van der Waals surface area contributed by atoms with E-state index in [4.69, 9.17) is 0 Å². The quantitative estimate of drug-likeness (QED) is 0.640. The molecule has 3 unspecified atom stereocenters. The normalized spacial score (nSPS) is 32.5. The molecule has 0 aromatic rings. The molecular weight excluding hydrogens is 209 g/mol. The molecule has 0 saturated heterocycles. The standard InChI is InChI=1S/C10H15F3O2/c1-6-3-4-8(5-7(6)2)15-9(14)10(11,12)13/h6-8H,3-5H2,1-2H3. The third-order valence-corrected chi connectivity index (χ3v) is 3.06. The molecule has 1 aliphatic carbocycles. The number of hydrogen-bond acceptors (Lipinski definition) is 2. The summed E-state index contributed by atoms with van der Waals surface area (Å²) in [4.78, 5) is 10.6. The van der Waals surface area contributed by atoms with Crippen LogP contribution in [0.4, 0.5) is 13.2 Å². The second-order valence-electron chi connectivity index (χ2n) is 4.29. The van der Waals surface area contributed by atoms with Gasteiger partial charge in [0.2, 0.25) is 0 Å². The van der Waals surface area contributed by atoms with E-state index in [0.29, 0.717) is 24.7 Å². The third-order valence-electron chi connectivity index (χ3n) is 3.06. The van der Waals surface area contributed by atoms with Crippen LogP contribution >= 0.6 is 0 Å². The zero-order chi connectivity index (χ0) is 11.6. The van der Waals surface area contributed by atoms with Crippen LogP contribution in [0.2, 0.25) is 0 Å². The van der Waals surface area contributed by atoms with E-state index in [0.717, 1.165) is 6.42 Å². The molecule has 0 bridgehead atoms. The largest absolute Gasteiger partial charge is 0.490 e. The van der Waals surface area contributed by atoms with Crippen LogP contribution in [-0.2, 0) is 9.53 Å². The van der Waals surface area contributed by atoms with E-state index in [2.05, 4.69) is 11.7 Å². The highest BCUT2D eigenvalue weighted by Gasteiger charge is 2.42. The molecule has 0 amide bonds. The van der Waals surface area contributed by atoms with Crippen LogP contribution in [-0.4, -0.2) is 18.2 Å². The predicted molar refractivity (Wildman–Crippen MR) is 48.1 cm³/mol. The SMILES string of the molecule is CC1CCC(OC(=O)C(F)(F)F)CC1C. The van der Waals surface area contributed by atoms with Gasteiger partial charge in [0.1, 0.15) is 6.10 Å². The smallest absolute Gasteiger partial charge is 0.456 e. The van der Waals surface area contributed by atoms with Gasteiger partial charge >= 0.3 is 12.1 Å². The Bertz CT molecular complexity index is 237. The molecule has 1 aliphatic rings. The Balaban J connectivity index is 2.44. The minimum Gasteiger partial charge on any atom is -0.456 e. The van der Waals surface area contributed by atoms with Crippen molar-refractivity contribution >= 4 is 5.97 Å². The van der Waals surface area contributed by atoms with Gasteiger partial charge in [-0.25, -0.2) is 4.79 Å². The minimum absolute atomic E-state index is 0.310. The van der Waals surface area contributed by atoms with Crippen LogP contribution in [0.25, 0.3) is 0 Å². The molecule has 15 heavy (non-hydrogen) atoms. The Hall–Kier alpha value is -0.740. The van der Waals surface area contributed by atoms with Crippen LogP contribution in [0, 0.1) is 11.8 Å². The summed E-state index contributed by atoms with van der Waals surface area (Å²) in [6.45, 7) is 4.03. The second-order valence-corrected chi connectivity index (χ2v) is 4.29. The van der Waals surface area contributed by atoms with Crippen molar-refractivity contribution in [3.8, 4) is 0 Å². The highest BCUT2D eigenvalue weighted by molar-refractivity contribution is 5.75. The molecule has 5 heteroatoms. The molecule has 0 aromatic heterocycles. The molecule has 2 nitrogen and oxygen atoms in total. The Morgan fingerprint density at radius 2 is 1.80 bits per heavy atom. The zero-order valence-corrected chi connectivity index (χ0v) is 8.80. The molecule has 0 aliphatic heterocycles. The van der Waals surface area contributed by atoms with Crippen LogP contribution < -0.4 is 0 Å². The van der Waals surface area contributed by atoms with Gasteiger partial charge in [-0.05, 0) is 31.1 Å². The highest BCUT2D eigenvalue weighted by atomic mass is 19.4. The fourth-order valence-corrected chi connectivity index (χ4v) is 1.82. The van der Waals surface area contributed by atoms with Gasteiger partial charge in [0.15, 0.2) is 0 Å². The number of ether oxygens (including phenoxy) is 1. The van der Waals surface area contributed by atoms with E-state index < -0.39 is 18.2 Å². The number of rotatable bonds is 1. The van der Waals surface area contributed by atoms with E-state index in [1.807, 2.05) is 6.92 Å². The summed E-state index contributed by atoms with van der Waals surface area (Å²) in [7, 11) is 0. The van der Waals surface area contributed by atoms with Gasteiger partial charge in [-0.1, -0.05) is 13.8 Å². The first kappa shape index (κ1) is 12.3. The molecule has 1 fully saturated rings. The van der Waals surface area contributed by atoms with Gasteiger partial charge in [0.05, 0.1) is 0 Å². The molecular formula is C10H15F3O2. The molecule has 88 valence electrons. The second kappa shape index (κ2) is 4.41. The lowest BCUT2D eigenvalue weighted by molar-refractivity contribution is -0.207. The first-order chi connectivity index (χ1) is 6.80. The van der Waals surface area contributed by atoms with Gasteiger partial charge in [0, 0.05) is 0 Å². The lowest BCUT2D eigenvalue weighted by atomic mass is 9.80. The van der Waals surface area contributed by atoms with E-state index in [1.165, 1.54) is 0 Å². The third kappa shape index (κ3) is 3.39. The Kier molecular flexibility index (Phi) is 3.62. The van der Waals surface area contributed by atoms with Crippen LogP contribution in [0.3, 0.4) is 0 Å². The van der Waals surface area contributed by atoms with Gasteiger partial charge in [-0.15, -0.1) is 0 Å². The number of carbonyl (C=O) groups excluding carboxylic acids is 1. The van der Waals surface area contributed by atoms with E-state index in [1.54, 1.807) is 0 Å². The summed E-state index contributed by atoms with van der Waals surface area (Å²) >= 11 is 0. The lowest BCUT2D eigenvalue weighted by Crippen LogP contribution is -2.34. The number of carbonyl (C=O) groups is 1. The summed E-state index contributed by atoms with van der Waals surface area (Å²) < 4.78 is 40.1. The summed E-state index contributed by atoms with van der Waals surface area (Å²) in [5, 5.41) is 0. The van der Waals surface area contributed by atoms with Crippen LogP contribution in [0.15, 0.2) is 0 Å². The van der Waals surface area contributed by atoms with Gasteiger partial charge in [-0.3, -0.25) is 0 Å². The maximum Gasteiger partial charge on any atom is 0.490 e. The molecule has 0 N–H and O–H groups in total. The van der Waals surface area contributed by atoms with E-state index in [-0.39, 0.29) is 0 Å². The molecule has 1 saturated carbocycles. The molecule has 0 aromatic carbocycles. The van der Waals surface area contributed by atoms with Gasteiger partial charge in [0.25, 0.3) is 0 Å². The first-order valence-corrected chi connectivity index (χ1v) is 5.08. The van der Waals surface area contributed by atoms with Crippen molar-refractivity contribution in [2.45, 2.75) is 45.4 Å². The summed E-state index contributed by atoms with van der Waals surface area (Å²) in [6, 6.07) is 0.